The number of piperidine rings is 1. The van der Waals surface area contributed by atoms with Gasteiger partial charge < -0.3 is 9.64 Å². The van der Waals surface area contributed by atoms with Crippen LogP contribution in [-0.4, -0.2) is 51.4 Å². The van der Waals surface area contributed by atoms with E-state index in [1.165, 1.54) is 0 Å². The van der Waals surface area contributed by atoms with Crippen molar-refractivity contribution in [2.24, 2.45) is 0 Å². The van der Waals surface area contributed by atoms with Crippen molar-refractivity contribution < 1.29 is 9.53 Å². The summed E-state index contributed by atoms with van der Waals surface area (Å²) in [5, 5.41) is 5.63. The highest BCUT2D eigenvalue weighted by molar-refractivity contribution is 6.06. The average Bonchev–Trinajstić information content (AvgIpc) is 2.98. The van der Waals surface area contributed by atoms with E-state index in [0.29, 0.717) is 13.2 Å². The van der Waals surface area contributed by atoms with Crippen LogP contribution in [0.1, 0.15) is 82.0 Å². The molecule has 0 aliphatic carbocycles. The number of ether oxygens (including phenoxy) is 1. The standard InChI is InChI=1S/C22H34N4O2/c1-8-28-16-10-9-11-25(13-16)21(27)17-12-18(14(2)3)23-20-19(17)15(4)24-26(20)22(5,6)7/h12,14,16H,8-11,13H2,1-7H3. The molecule has 3 heterocycles. The summed E-state index contributed by atoms with van der Waals surface area (Å²) in [7, 11) is 0. The van der Waals surface area contributed by atoms with Gasteiger partial charge in [-0.05, 0) is 59.4 Å². The van der Waals surface area contributed by atoms with Crippen LogP contribution in [0.4, 0.5) is 0 Å². The molecule has 0 N–H and O–H groups in total. The predicted octanol–water partition coefficient (Wildman–Crippen LogP) is 4.26. The van der Waals surface area contributed by atoms with E-state index in [4.69, 9.17) is 14.8 Å². The molecule has 1 unspecified atom stereocenters. The van der Waals surface area contributed by atoms with Gasteiger partial charge >= 0.3 is 0 Å². The Bertz CT molecular complexity index is 862. The minimum atomic E-state index is -0.208. The molecule has 1 aliphatic rings. The molecule has 1 aliphatic heterocycles. The molecule has 154 valence electrons. The maximum Gasteiger partial charge on any atom is 0.254 e. The molecule has 1 atom stereocenters. The smallest absolute Gasteiger partial charge is 0.254 e. The number of pyridine rings is 1. The van der Waals surface area contributed by atoms with Crippen molar-refractivity contribution in [2.45, 2.75) is 78.9 Å². The van der Waals surface area contributed by atoms with E-state index in [9.17, 15) is 4.79 Å². The number of aryl methyl sites for hydroxylation is 1. The van der Waals surface area contributed by atoms with Crippen LogP contribution in [0.15, 0.2) is 6.07 Å². The SMILES string of the molecule is CCOC1CCCN(C(=O)c2cc(C(C)C)nc3c2c(C)nn3C(C)(C)C)C1. The van der Waals surface area contributed by atoms with E-state index in [2.05, 4.69) is 34.6 Å². The summed E-state index contributed by atoms with van der Waals surface area (Å²) in [4.78, 5) is 20.4. The van der Waals surface area contributed by atoms with Gasteiger partial charge in [0.2, 0.25) is 0 Å². The third-order valence-corrected chi connectivity index (χ3v) is 5.36. The molecule has 1 saturated heterocycles. The van der Waals surface area contributed by atoms with Gasteiger partial charge in [-0.2, -0.15) is 5.10 Å². The quantitative estimate of drug-likeness (QED) is 0.788. The molecule has 3 rings (SSSR count). The highest BCUT2D eigenvalue weighted by Crippen LogP contribution is 2.30. The van der Waals surface area contributed by atoms with Crippen LogP contribution in [-0.2, 0) is 10.3 Å². The first-order chi connectivity index (χ1) is 13.1. The number of hydrogen-bond donors (Lipinski definition) is 0. The van der Waals surface area contributed by atoms with Gasteiger partial charge in [0.15, 0.2) is 5.65 Å². The lowest BCUT2D eigenvalue weighted by molar-refractivity contribution is 0.00731. The zero-order chi connectivity index (χ0) is 20.6. The van der Waals surface area contributed by atoms with Gasteiger partial charge in [0, 0.05) is 25.4 Å². The lowest BCUT2D eigenvalue weighted by atomic mass is 10.0. The molecule has 6 nitrogen and oxygen atoms in total. The number of carbonyl (C=O) groups is 1. The fourth-order valence-corrected chi connectivity index (χ4v) is 3.91. The Morgan fingerprint density at radius 3 is 2.68 bits per heavy atom. The first-order valence-corrected chi connectivity index (χ1v) is 10.4. The van der Waals surface area contributed by atoms with Crippen molar-refractivity contribution in [3.63, 3.8) is 0 Å². The molecule has 0 radical (unpaired) electrons. The van der Waals surface area contributed by atoms with Gasteiger partial charge in [-0.25, -0.2) is 9.67 Å². The van der Waals surface area contributed by atoms with Crippen molar-refractivity contribution in [3.8, 4) is 0 Å². The minimum Gasteiger partial charge on any atom is -0.377 e. The Hall–Kier alpha value is -1.95. The Kier molecular flexibility index (Phi) is 5.80. The van der Waals surface area contributed by atoms with Gasteiger partial charge in [-0.1, -0.05) is 13.8 Å². The van der Waals surface area contributed by atoms with E-state index in [-0.39, 0.29) is 23.5 Å². The second-order valence-electron chi connectivity index (χ2n) is 9.09. The Morgan fingerprint density at radius 2 is 2.07 bits per heavy atom. The number of aromatic nitrogens is 3. The number of hydrogen-bond acceptors (Lipinski definition) is 4. The van der Waals surface area contributed by atoms with Crippen molar-refractivity contribution >= 4 is 16.9 Å². The van der Waals surface area contributed by atoms with Crippen LogP contribution in [0.3, 0.4) is 0 Å². The lowest BCUT2D eigenvalue weighted by Gasteiger charge is -2.32. The largest absolute Gasteiger partial charge is 0.377 e. The van der Waals surface area contributed by atoms with E-state index in [1.807, 2.05) is 29.5 Å². The predicted molar refractivity (Wildman–Crippen MR) is 112 cm³/mol. The molecule has 28 heavy (non-hydrogen) atoms. The maximum atomic E-state index is 13.6. The zero-order valence-corrected chi connectivity index (χ0v) is 18.4. The molecule has 1 fully saturated rings. The molecular weight excluding hydrogens is 352 g/mol. The second-order valence-corrected chi connectivity index (χ2v) is 9.09. The zero-order valence-electron chi connectivity index (χ0n) is 18.4. The highest BCUT2D eigenvalue weighted by atomic mass is 16.5. The normalized spacial score (nSPS) is 18.3. The van der Waals surface area contributed by atoms with Crippen molar-refractivity contribution in [2.75, 3.05) is 19.7 Å². The summed E-state index contributed by atoms with van der Waals surface area (Å²) in [5.74, 6) is 0.298. The monoisotopic (exact) mass is 386 g/mol. The molecular formula is C22H34N4O2. The van der Waals surface area contributed by atoms with E-state index < -0.39 is 0 Å². The number of carbonyl (C=O) groups excluding carboxylic acids is 1. The fourth-order valence-electron chi connectivity index (χ4n) is 3.91. The van der Waals surface area contributed by atoms with E-state index in [0.717, 1.165) is 47.4 Å². The van der Waals surface area contributed by atoms with Gasteiger partial charge in [0.1, 0.15) is 0 Å². The maximum absolute atomic E-state index is 13.6. The molecule has 2 aromatic heterocycles. The van der Waals surface area contributed by atoms with Gasteiger partial charge in [0.05, 0.1) is 28.3 Å². The van der Waals surface area contributed by atoms with E-state index in [1.54, 1.807) is 0 Å². The summed E-state index contributed by atoms with van der Waals surface area (Å²) < 4.78 is 7.76. The topological polar surface area (TPSA) is 60.2 Å². The third kappa shape index (κ3) is 3.93. The van der Waals surface area contributed by atoms with Crippen molar-refractivity contribution in [3.05, 3.63) is 23.0 Å². The van der Waals surface area contributed by atoms with Crippen LogP contribution in [0, 0.1) is 6.92 Å². The van der Waals surface area contributed by atoms with Crippen LogP contribution in [0.2, 0.25) is 0 Å². The van der Waals surface area contributed by atoms with Crippen LogP contribution in [0.5, 0.6) is 0 Å². The third-order valence-electron chi connectivity index (χ3n) is 5.36. The molecule has 0 saturated carbocycles. The molecule has 6 heteroatoms. The van der Waals surface area contributed by atoms with Gasteiger partial charge in [-0.15, -0.1) is 0 Å². The first kappa shape index (κ1) is 20.8. The Balaban J connectivity index is 2.11. The first-order valence-electron chi connectivity index (χ1n) is 10.4. The molecule has 0 aromatic carbocycles. The van der Waals surface area contributed by atoms with Crippen molar-refractivity contribution in [1.82, 2.24) is 19.7 Å². The number of amides is 1. The number of likely N-dealkylation sites (tertiary alicyclic amines) is 1. The van der Waals surface area contributed by atoms with Crippen LogP contribution >= 0.6 is 0 Å². The number of nitrogens with zero attached hydrogens (tertiary/aromatic N) is 4. The summed E-state index contributed by atoms with van der Waals surface area (Å²) >= 11 is 0. The van der Waals surface area contributed by atoms with Gasteiger partial charge in [0.25, 0.3) is 5.91 Å². The lowest BCUT2D eigenvalue weighted by Crippen LogP contribution is -2.43. The molecule has 1 amide bonds. The number of rotatable bonds is 4. The molecule has 0 spiro atoms. The number of fused-ring (bicyclic) bond motifs is 1. The van der Waals surface area contributed by atoms with Crippen LogP contribution in [0.25, 0.3) is 11.0 Å². The van der Waals surface area contributed by atoms with Crippen molar-refractivity contribution in [1.29, 1.82) is 0 Å². The Labute approximate surface area is 168 Å². The second kappa shape index (κ2) is 7.82. The summed E-state index contributed by atoms with van der Waals surface area (Å²) in [5.41, 5.74) is 3.10. The minimum absolute atomic E-state index is 0.0651. The van der Waals surface area contributed by atoms with Crippen LogP contribution < -0.4 is 0 Å². The van der Waals surface area contributed by atoms with E-state index >= 15 is 0 Å². The molecule has 2 aromatic rings. The average molecular weight is 387 g/mol. The van der Waals surface area contributed by atoms with Gasteiger partial charge in [-0.3, -0.25) is 4.79 Å². The summed E-state index contributed by atoms with van der Waals surface area (Å²) in [6.07, 6.45) is 2.12. The summed E-state index contributed by atoms with van der Waals surface area (Å²) in [6.45, 7) is 16.6. The Morgan fingerprint density at radius 1 is 1.36 bits per heavy atom. The summed E-state index contributed by atoms with van der Waals surface area (Å²) in [6, 6.07) is 1.97. The fraction of sp³-hybridized carbons (Fsp3) is 0.682. The highest BCUT2D eigenvalue weighted by Gasteiger charge is 2.29. The molecule has 0 bridgehead atoms.